The Morgan fingerprint density at radius 2 is 1.75 bits per heavy atom. The van der Waals surface area contributed by atoms with Crippen LogP contribution in [0.5, 0.6) is 0 Å². The maximum Gasteiger partial charge on any atom is 0.243 e. The molecular formula is C19H20N2O2S. The fourth-order valence-corrected chi connectivity index (χ4v) is 4.95. The lowest BCUT2D eigenvalue weighted by Crippen LogP contribution is -2.33. The first-order valence-electron chi connectivity index (χ1n) is 8.21. The number of aromatic nitrogens is 1. The van der Waals surface area contributed by atoms with Gasteiger partial charge in [0.1, 0.15) is 0 Å². The van der Waals surface area contributed by atoms with Gasteiger partial charge in [0.25, 0.3) is 0 Å². The highest BCUT2D eigenvalue weighted by Gasteiger charge is 2.27. The summed E-state index contributed by atoms with van der Waals surface area (Å²) in [6.07, 6.45) is 1.46. The molecule has 0 atom stereocenters. The van der Waals surface area contributed by atoms with E-state index in [-0.39, 0.29) is 0 Å². The molecule has 0 fully saturated rings. The van der Waals surface area contributed by atoms with Crippen molar-refractivity contribution in [1.82, 2.24) is 9.29 Å². The number of nitrogens with zero attached hydrogens (tertiary/aromatic N) is 1. The van der Waals surface area contributed by atoms with Crippen molar-refractivity contribution in [2.24, 2.45) is 0 Å². The molecule has 0 amide bonds. The second-order valence-electron chi connectivity index (χ2n) is 6.35. The first-order valence-corrected chi connectivity index (χ1v) is 9.65. The molecule has 0 saturated carbocycles. The molecule has 1 aliphatic rings. The number of aryl methyl sites for hydroxylation is 1. The molecule has 0 aliphatic carbocycles. The smallest absolute Gasteiger partial charge is 0.243 e. The van der Waals surface area contributed by atoms with Crippen molar-refractivity contribution in [3.8, 4) is 0 Å². The second-order valence-corrected chi connectivity index (χ2v) is 8.29. The van der Waals surface area contributed by atoms with Crippen molar-refractivity contribution in [3.05, 3.63) is 65.4 Å². The number of rotatable bonds is 2. The molecule has 124 valence electrons. The van der Waals surface area contributed by atoms with Crippen LogP contribution in [0.25, 0.3) is 10.9 Å². The van der Waals surface area contributed by atoms with Crippen LogP contribution in [-0.4, -0.2) is 30.8 Å². The average Bonchev–Trinajstić information content (AvgIpc) is 2.78. The maximum atomic E-state index is 12.8. The van der Waals surface area contributed by atoms with Crippen molar-refractivity contribution < 1.29 is 8.42 Å². The number of hydrogen-bond donors (Lipinski definition) is 1. The molecule has 24 heavy (non-hydrogen) atoms. The van der Waals surface area contributed by atoms with Crippen LogP contribution < -0.4 is 0 Å². The Hall–Kier alpha value is -2.11. The predicted octanol–water partition coefficient (Wildman–Crippen LogP) is 3.27. The summed E-state index contributed by atoms with van der Waals surface area (Å²) >= 11 is 0. The minimum absolute atomic E-state index is 0.372. The van der Waals surface area contributed by atoms with Crippen LogP contribution in [0.4, 0.5) is 0 Å². The quantitative estimate of drug-likeness (QED) is 0.778. The average molecular weight is 340 g/mol. The van der Waals surface area contributed by atoms with E-state index in [1.807, 2.05) is 6.07 Å². The zero-order valence-electron chi connectivity index (χ0n) is 13.6. The summed E-state index contributed by atoms with van der Waals surface area (Å²) in [5, 5.41) is 1.23. The normalized spacial score (nSPS) is 16.0. The number of fused-ring (bicyclic) bond motifs is 3. The van der Waals surface area contributed by atoms with Gasteiger partial charge in [-0.1, -0.05) is 29.8 Å². The molecule has 4 nitrogen and oxygen atoms in total. The van der Waals surface area contributed by atoms with E-state index in [1.54, 1.807) is 28.6 Å². The summed E-state index contributed by atoms with van der Waals surface area (Å²) in [4.78, 5) is 3.85. The van der Waals surface area contributed by atoms with Gasteiger partial charge in [-0.3, -0.25) is 0 Å². The summed E-state index contributed by atoms with van der Waals surface area (Å²) < 4.78 is 27.3. The Balaban J connectivity index is 1.67. The van der Waals surface area contributed by atoms with Crippen LogP contribution in [0.15, 0.2) is 53.4 Å². The summed E-state index contributed by atoms with van der Waals surface area (Å²) in [7, 11) is -3.42. The zero-order chi connectivity index (χ0) is 16.7. The maximum absolute atomic E-state index is 12.8. The standard InChI is InChI=1S/C19H20N2O2S/c1-14-7-8-18-17(13-14)16-9-11-21(12-10-19(16)20-18)24(22,23)15-5-3-2-4-6-15/h2-8,13,20H,9-12H2,1H3. The highest BCUT2D eigenvalue weighted by atomic mass is 32.2. The monoisotopic (exact) mass is 340 g/mol. The van der Waals surface area contributed by atoms with Crippen molar-refractivity contribution in [2.75, 3.05) is 13.1 Å². The molecule has 2 aromatic carbocycles. The SMILES string of the molecule is Cc1ccc2[nH]c3c(c2c1)CCN(S(=O)(=O)c1ccccc1)CC3. The lowest BCUT2D eigenvalue weighted by Gasteiger charge is -2.20. The first-order chi connectivity index (χ1) is 11.6. The number of H-pyrrole nitrogens is 1. The molecule has 1 N–H and O–H groups in total. The van der Waals surface area contributed by atoms with Crippen LogP contribution in [0.2, 0.25) is 0 Å². The zero-order valence-corrected chi connectivity index (χ0v) is 14.4. The van der Waals surface area contributed by atoms with Gasteiger partial charge >= 0.3 is 0 Å². The van der Waals surface area contributed by atoms with Gasteiger partial charge in [-0.15, -0.1) is 0 Å². The summed E-state index contributed by atoms with van der Waals surface area (Å²) in [6.45, 7) is 3.11. The highest BCUT2D eigenvalue weighted by Crippen LogP contribution is 2.28. The molecule has 0 unspecified atom stereocenters. The van der Waals surface area contributed by atoms with E-state index in [1.165, 1.54) is 22.2 Å². The van der Waals surface area contributed by atoms with E-state index in [0.717, 1.165) is 18.4 Å². The van der Waals surface area contributed by atoms with Gasteiger partial charge in [0.05, 0.1) is 4.90 Å². The molecule has 0 saturated heterocycles. The number of aromatic amines is 1. The molecule has 0 radical (unpaired) electrons. The third kappa shape index (κ3) is 2.54. The van der Waals surface area contributed by atoms with Gasteiger partial charge in [0.15, 0.2) is 0 Å². The lowest BCUT2D eigenvalue weighted by molar-refractivity contribution is 0.426. The highest BCUT2D eigenvalue weighted by molar-refractivity contribution is 7.89. The fourth-order valence-electron chi connectivity index (χ4n) is 3.48. The molecule has 1 aromatic heterocycles. The summed E-state index contributed by atoms with van der Waals surface area (Å²) in [6, 6.07) is 15.1. The van der Waals surface area contributed by atoms with Crippen molar-refractivity contribution in [3.63, 3.8) is 0 Å². The van der Waals surface area contributed by atoms with Crippen LogP contribution in [-0.2, 0) is 22.9 Å². The van der Waals surface area contributed by atoms with Gasteiger partial charge in [0, 0.05) is 36.1 Å². The molecule has 0 spiro atoms. The van der Waals surface area contributed by atoms with Crippen molar-refractivity contribution in [1.29, 1.82) is 0 Å². The third-order valence-corrected chi connectivity index (χ3v) is 6.67. The molecule has 0 bridgehead atoms. The second kappa shape index (κ2) is 5.76. The van der Waals surface area contributed by atoms with E-state index in [2.05, 4.69) is 30.1 Å². The third-order valence-electron chi connectivity index (χ3n) is 4.75. The molecular weight excluding hydrogens is 320 g/mol. The van der Waals surface area contributed by atoms with Crippen LogP contribution in [0.3, 0.4) is 0 Å². The Kier molecular flexibility index (Phi) is 3.70. The fraction of sp³-hybridized carbons (Fsp3) is 0.263. The van der Waals surface area contributed by atoms with E-state index >= 15 is 0 Å². The number of hydrogen-bond acceptors (Lipinski definition) is 2. The number of benzene rings is 2. The predicted molar refractivity (Wildman–Crippen MR) is 95.6 cm³/mol. The molecule has 5 heteroatoms. The van der Waals surface area contributed by atoms with Crippen LogP contribution in [0, 0.1) is 6.92 Å². The van der Waals surface area contributed by atoms with Crippen molar-refractivity contribution in [2.45, 2.75) is 24.7 Å². The topological polar surface area (TPSA) is 53.2 Å². The Morgan fingerprint density at radius 3 is 2.54 bits per heavy atom. The lowest BCUT2D eigenvalue weighted by atomic mass is 10.1. The largest absolute Gasteiger partial charge is 0.358 e. The van der Waals surface area contributed by atoms with E-state index in [4.69, 9.17) is 0 Å². The molecule has 2 heterocycles. The minimum atomic E-state index is -3.42. The summed E-state index contributed by atoms with van der Waals surface area (Å²) in [5.74, 6) is 0. The van der Waals surface area contributed by atoms with Crippen LogP contribution in [0.1, 0.15) is 16.8 Å². The van der Waals surface area contributed by atoms with E-state index < -0.39 is 10.0 Å². The van der Waals surface area contributed by atoms with E-state index in [0.29, 0.717) is 18.0 Å². The number of sulfonamides is 1. The van der Waals surface area contributed by atoms with Gasteiger partial charge in [-0.25, -0.2) is 8.42 Å². The minimum Gasteiger partial charge on any atom is -0.358 e. The van der Waals surface area contributed by atoms with Gasteiger partial charge < -0.3 is 4.98 Å². The Morgan fingerprint density at radius 1 is 1.00 bits per heavy atom. The van der Waals surface area contributed by atoms with Gasteiger partial charge in [0.2, 0.25) is 10.0 Å². The van der Waals surface area contributed by atoms with Crippen LogP contribution >= 0.6 is 0 Å². The van der Waals surface area contributed by atoms with E-state index in [9.17, 15) is 8.42 Å². The molecule has 1 aliphatic heterocycles. The summed E-state index contributed by atoms with van der Waals surface area (Å²) in [5.41, 5.74) is 4.80. The van der Waals surface area contributed by atoms with Gasteiger partial charge in [-0.2, -0.15) is 4.31 Å². The number of nitrogens with one attached hydrogen (secondary N) is 1. The van der Waals surface area contributed by atoms with Gasteiger partial charge in [-0.05, 0) is 43.2 Å². The first kappa shape index (κ1) is 15.4. The Labute approximate surface area is 142 Å². The molecule has 3 aromatic rings. The van der Waals surface area contributed by atoms with Crippen molar-refractivity contribution >= 4 is 20.9 Å². The molecule has 4 rings (SSSR count). The Bertz CT molecular complexity index is 991.